The summed E-state index contributed by atoms with van der Waals surface area (Å²) in [5.74, 6) is -0.400. The van der Waals surface area contributed by atoms with Gasteiger partial charge in [0.25, 0.3) is 0 Å². The molecule has 3 aromatic rings. The Bertz CT molecular complexity index is 1110. The molecule has 0 saturated carbocycles. The first-order valence-corrected chi connectivity index (χ1v) is 11.2. The zero-order valence-electron chi connectivity index (χ0n) is 16.7. The lowest BCUT2D eigenvalue weighted by Gasteiger charge is -2.25. The van der Waals surface area contributed by atoms with E-state index in [2.05, 4.69) is 5.32 Å². The molecule has 3 aromatic carbocycles. The molecule has 0 aromatic heterocycles. The lowest BCUT2D eigenvalue weighted by atomic mass is 10.1. The number of aryl methyl sites for hydroxylation is 1. The zero-order valence-corrected chi connectivity index (χ0v) is 18.3. The van der Waals surface area contributed by atoms with Crippen LogP contribution in [0.1, 0.15) is 27.4 Å². The van der Waals surface area contributed by atoms with Crippen LogP contribution in [0.3, 0.4) is 0 Å². The van der Waals surface area contributed by atoms with Crippen molar-refractivity contribution >= 4 is 46.6 Å². The second kappa shape index (κ2) is 9.12. The van der Waals surface area contributed by atoms with E-state index in [1.54, 1.807) is 48.2 Å². The molecule has 1 saturated heterocycles. The minimum atomic E-state index is -0.796. The molecule has 0 spiro atoms. The largest absolute Gasteiger partial charge is 0.325 e. The van der Waals surface area contributed by atoms with Crippen molar-refractivity contribution in [3.63, 3.8) is 0 Å². The Labute approximate surface area is 189 Å². The Hall–Kier alpha value is -2.83. The smallest absolute Gasteiger partial charge is 0.246 e. The number of nitrogens with one attached hydrogen (secondary N) is 1. The Morgan fingerprint density at radius 3 is 2.52 bits per heavy atom. The summed E-state index contributed by atoms with van der Waals surface area (Å²) >= 11 is 7.76. The first-order chi connectivity index (χ1) is 14.9. The van der Waals surface area contributed by atoms with Crippen molar-refractivity contribution in [3.05, 3.63) is 95.3 Å². The maximum Gasteiger partial charge on any atom is 0.246 e. The number of carbonyl (C=O) groups is 2. The molecule has 0 aliphatic carbocycles. The molecule has 1 fully saturated rings. The number of nitrogens with zero attached hydrogens (tertiary/aromatic N) is 1. The van der Waals surface area contributed by atoms with Gasteiger partial charge >= 0.3 is 0 Å². The molecule has 4 nitrogen and oxygen atoms in total. The van der Waals surface area contributed by atoms with Crippen molar-refractivity contribution in [1.82, 2.24) is 0 Å². The van der Waals surface area contributed by atoms with Crippen LogP contribution >= 0.6 is 23.4 Å². The van der Waals surface area contributed by atoms with E-state index in [0.29, 0.717) is 22.7 Å². The molecule has 31 heavy (non-hydrogen) atoms. The van der Waals surface area contributed by atoms with Crippen LogP contribution in [0, 0.1) is 12.7 Å². The lowest BCUT2D eigenvalue weighted by Crippen LogP contribution is -2.28. The molecule has 7 heteroatoms. The molecule has 2 atom stereocenters. The predicted octanol–water partition coefficient (Wildman–Crippen LogP) is 5.83. The van der Waals surface area contributed by atoms with Crippen LogP contribution in [0.25, 0.3) is 0 Å². The Morgan fingerprint density at radius 1 is 1.13 bits per heavy atom. The molecule has 0 bridgehead atoms. The highest BCUT2D eigenvalue weighted by atomic mass is 35.5. The van der Waals surface area contributed by atoms with Gasteiger partial charge in [-0.2, -0.15) is 0 Å². The van der Waals surface area contributed by atoms with Gasteiger partial charge in [-0.15, -0.1) is 23.4 Å². The zero-order chi connectivity index (χ0) is 22.0. The molecule has 1 aliphatic rings. The van der Waals surface area contributed by atoms with Gasteiger partial charge in [-0.3, -0.25) is 14.5 Å². The fourth-order valence-corrected chi connectivity index (χ4v) is 4.77. The average molecular weight is 455 g/mol. The van der Waals surface area contributed by atoms with Crippen molar-refractivity contribution in [2.24, 2.45) is 0 Å². The normalized spacial score (nSPS) is 16.9. The van der Waals surface area contributed by atoms with Gasteiger partial charge in [-0.05, 0) is 47.9 Å². The quantitative estimate of drug-likeness (QED) is 0.493. The third-order valence-corrected chi connectivity index (χ3v) is 6.75. The van der Waals surface area contributed by atoms with Gasteiger partial charge in [0.1, 0.15) is 16.6 Å². The van der Waals surface area contributed by atoms with E-state index < -0.39 is 5.38 Å². The highest BCUT2D eigenvalue weighted by molar-refractivity contribution is 8.00. The van der Waals surface area contributed by atoms with Crippen molar-refractivity contribution < 1.29 is 14.0 Å². The van der Waals surface area contributed by atoms with Crippen molar-refractivity contribution in [3.8, 4) is 0 Å². The van der Waals surface area contributed by atoms with Gasteiger partial charge in [0, 0.05) is 11.4 Å². The van der Waals surface area contributed by atoms with Crippen molar-refractivity contribution in [2.45, 2.75) is 17.7 Å². The van der Waals surface area contributed by atoms with Gasteiger partial charge < -0.3 is 5.32 Å². The molecule has 4 rings (SSSR count). The third kappa shape index (κ3) is 4.60. The van der Waals surface area contributed by atoms with Crippen LogP contribution in [0.15, 0.2) is 72.8 Å². The number of rotatable bonds is 5. The number of hydrogen-bond acceptors (Lipinski definition) is 3. The maximum absolute atomic E-state index is 14.1. The lowest BCUT2D eigenvalue weighted by molar-refractivity contribution is -0.116. The number of benzene rings is 3. The first-order valence-electron chi connectivity index (χ1n) is 9.73. The monoisotopic (exact) mass is 454 g/mol. The maximum atomic E-state index is 14.1. The van der Waals surface area contributed by atoms with Crippen LogP contribution in [0.4, 0.5) is 15.8 Å². The van der Waals surface area contributed by atoms with E-state index >= 15 is 0 Å². The van der Waals surface area contributed by atoms with E-state index in [9.17, 15) is 14.0 Å². The number of alkyl halides is 1. The first kappa shape index (κ1) is 21.4. The Balaban J connectivity index is 1.50. The second-order valence-corrected chi connectivity index (χ2v) is 8.75. The molecule has 1 aliphatic heterocycles. The van der Waals surface area contributed by atoms with E-state index in [4.69, 9.17) is 11.6 Å². The fraction of sp³-hybridized carbons (Fsp3) is 0.167. The molecule has 158 valence electrons. The van der Waals surface area contributed by atoms with Gasteiger partial charge in [-0.25, -0.2) is 4.39 Å². The fourth-order valence-electron chi connectivity index (χ4n) is 3.39. The molecular weight excluding hydrogens is 435 g/mol. The van der Waals surface area contributed by atoms with E-state index in [1.807, 2.05) is 30.3 Å². The number of hydrogen-bond donors (Lipinski definition) is 1. The van der Waals surface area contributed by atoms with Crippen LogP contribution in [0.5, 0.6) is 0 Å². The van der Waals surface area contributed by atoms with E-state index in [-0.39, 0.29) is 23.0 Å². The van der Waals surface area contributed by atoms with E-state index in [1.165, 1.54) is 17.8 Å². The van der Waals surface area contributed by atoms with Gasteiger partial charge in [0.15, 0.2) is 0 Å². The van der Waals surface area contributed by atoms with Crippen LogP contribution in [-0.4, -0.2) is 17.6 Å². The highest BCUT2D eigenvalue weighted by Crippen LogP contribution is 2.42. The van der Waals surface area contributed by atoms with Crippen LogP contribution in [0.2, 0.25) is 0 Å². The van der Waals surface area contributed by atoms with Gasteiger partial charge in [0.05, 0.1) is 5.75 Å². The molecule has 1 heterocycles. The third-order valence-electron chi connectivity index (χ3n) is 5.09. The minimum absolute atomic E-state index is 0.0662. The van der Waals surface area contributed by atoms with Gasteiger partial charge in [-0.1, -0.05) is 48.5 Å². The molecular formula is C24H20ClFN2O2S. The number of thioether (sulfide) groups is 1. The van der Waals surface area contributed by atoms with Crippen LogP contribution in [-0.2, 0) is 9.59 Å². The summed E-state index contributed by atoms with van der Waals surface area (Å²) in [5, 5.41) is 1.76. The number of carbonyl (C=O) groups excluding carboxylic acids is 2. The highest BCUT2D eigenvalue weighted by Gasteiger charge is 2.34. The molecule has 1 N–H and O–H groups in total. The summed E-state index contributed by atoms with van der Waals surface area (Å²) in [6.45, 7) is 1.69. The van der Waals surface area contributed by atoms with Gasteiger partial charge in [0.2, 0.25) is 11.8 Å². The summed E-state index contributed by atoms with van der Waals surface area (Å²) in [6, 6.07) is 21.2. The van der Waals surface area contributed by atoms with Crippen LogP contribution < -0.4 is 10.2 Å². The Kier molecular flexibility index (Phi) is 6.30. The predicted molar refractivity (Wildman–Crippen MR) is 124 cm³/mol. The summed E-state index contributed by atoms with van der Waals surface area (Å²) in [5.41, 5.74) is 3.29. The van der Waals surface area contributed by atoms with E-state index in [0.717, 1.165) is 11.1 Å². The summed E-state index contributed by atoms with van der Waals surface area (Å²) in [7, 11) is 0. The molecule has 2 amide bonds. The Morgan fingerprint density at radius 2 is 1.84 bits per heavy atom. The van der Waals surface area contributed by atoms with Crippen molar-refractivity contribution in [2.75, 3.05) is 16.0 Å². The number of anilines is 2. The number of halogens is 2. The minimum Gasteiger partial charge on any atom is -0.325 e. The second-order valence-electron chi connectivity index (χ2n) is 7.25. The summed E-state index contributed by atoms with van der Waals surface area (Å²) < 4.78 is 14.1. The summed E-state index contributed by atoms with van der Waals surface area (Å²) in [4.78, 5) is 26.6. The SMILES string of the molecule is Cc1ccc(N2C(=O)CS[C@@H]2c2ccc(NC(=O)[C@H](Cl)c3ccccc3)cc2)cc1F. The molecule has 0 unspecified atom stereocenters. The average Bonchev–Trinajstić information content (AvgIpc) is 3.17. The summed E-state index contributed by atoms with van der Waals surface area (Å²) in [6.07, 6.45) is 0. The number of amides is 2. The standard InChI is InChI=1S/C24H20ClFN2O2S/c1-15-7-12-19(13-20(15)26)28-21(29)14-31-24(28)17-8-10-18(11-9-17)27-23(30)22(25)16-5-3-2-4-6-16/h2-13,22,24H,14H2,1H3,(H,27,30)/t22-,24-/m1/s1. The topological polar surface area (TPSA) is 49.4 Å². The molecule has 0 radical (unpaired) electrons. The van der Waals surface area contributed by atoms with Crippen molar-refractivity contribution in [1.29, 1.82) is 0 Å².